The van der Waals surface area contributed by atoms with Crippen molar-refractivity contribution in [1.29, 1.82) is 0 Å². The van der Waals surface area contributed by atoms with Crippen LogP contribution in [0, 0.1) is 0 Å². The summed E-state index contributed by atoms with van der Waals surface area (Å²) in [4.78, 5) is 0. The van der Waals surface area contributed by atoms with Crippen molar-refractivity contribution in [2.24, 2.45) is 0 Å². The number of phenolic OH excluding ortho intramolecular Hbond substituents is 4. The molecule has 1 unspecified atom stereocenters. The molecule has 0 saturated heterocycles. The van der Waals surface area contributed by atoms with E-state index in [-0.39, 0.29) is 34.5 Å². The average molecular weight is 487 g/mol. The lowest BCUT2D eigenvalue weighted by molar-refractivity contribution is 0.103. The van der Waals surface area contributed by atoms with E-state index in [0.29, 0.717) is 36.3 Å². The number of hydrogen-bond donors (Lipinski definition) is 4. The highest BCUT2D eigenvalue weighted by atomic mass is 16.5. The maximum Gasteiger partial charge on any atom is 0.201 e. The van der Waals surface area contributed by atoms with E-state index in [2.05, 4.69) is 0 Å². The second-order valence-electron chi connectivity index (χ2n) is 8.73. The summed E-state index contributed by atoms with van der Waals surface area (Å²) in [5, 5.41) is 41.4. The summed E-state index contributed by atoms with van der Waals surface area (Å²) in [6.07, 6.45) is 1.19. The normalized spacial score (nSPS) is 15.2. The fourth-order valence-electron chi connectivity index (χ4n) is 4.33. The fraction of sp³-hybridized carbons (Fsp3) is 0.172. The van der Waals surface area contributed by atoms with Gasteiger partial charge in [-0.25, -0.2) is 0 Å². The molecule has 0 amide bonds. The molecule has 0 aliphatic carbocycles. The lowest BCUT2D eigenvalue weighted by Gasteiger charge is -2.19. The lowest BCUT2D eigenvalue weighted by atomic mass is 10.00. The Kier molecular flexibility index (Phi) is 6.31. The van der Waals surface area contributed by atoms with E-state index in [1.54, 1.807) is 37.4 Å². The van der Waals surface area contributed by atoms with E-state index in [4.69, 9.17) is 14.2 Å². The number of aryl methyl sites for hydroxylation is 2. The molecule has 7 heteroatoms. The molecule has 2 aliphatic heterocycles. The van der Waals surface area contributed by atoms with Crippen LogP contribution in [0.5, 0.6) is 46.0 Å². The maximum absolute atomic E-state index is 10.6. The molecule has 0 spiro atoms. The van der Waals surface area contributed by atoms with Gasteiger partial charge in [-0.3, -0.25) is 0 Å². The van der Waals surface area contributed by atoms with Gasteiger partial charge >= 0.3 is 0 Å². The van der Waals surface area contributed by atoms with Gasteiger partial charge in [-0.2, -0.15) is 0 Å². The first-order chi connectivity index (χ1) is 17.4. The van der Waals surface area contributed by atoms with Crippen molar-refractivity contribution in [3.63, 3.8) is 0 Å². The minimum atomic E-state index is -0.458. The molecule has 0 aromatic heterocycles. The predicted molar refractivity (Wildman–Crippen MR) is 133 cm³/mol. The van der Waals surface area contributed by atoms with E-state index in [9.17, 15) is 20.4 Å². The highest BCUT2D eigenvalue weighted by molar-refractivity contribution is 5.56. The summed E-state index contributed by atoms with van der Waals surface area (Å²) < 4.78 is 17.7. The van der Waals surface area contributed by atoms with Gasteiger partial charge in [0, 0.05) is 13.5 Å². The molecule has 0 saturated carbocycles. The second kappa shape index (κ2) is 9.71. The number of benzene rings is 4. The molecule has 1 atom stereocenters. The number of aromatic hydroxyl groups is 4. The molecule has 4 N–H and O–H groups in total. The highest BCUT2D eigenvalue weighted by Gasteiger charge is 2.20. The van der Waals surface area contributed by atoms with Crippen LogP contribution in [0.25, 0.3) is 0 Å². The molecule has 2 aliphatic rings. The molecule has 0 fully saturated rings. The molecule has 7 nitrogen and oxygen atoms in total. The highest BCUT2D eigenvalue weighted by Crippen LogP contribution is 2.43. The van der Waals surface area contributed by atoms with E-state index >= 15 is 0 Å². The van der Waals surface area contributed by atoms with E-state index in [0.717, 1.165) is 16.7 Å². The van der Waals surface area contributed by atoms with Crippen molar-refractivity contribution in [2.45, 2.75) is 25.4 Å². The van der Waals surface area contributed by atoms with Crippen LogP contribution in [0.1, 0.15) is 28.4 Å². The average Bonchev–Trinajstić information content (AvgIpc) is 2.88. The Morgan fingerprint density at radius 3 is 2.31 bits per heavy atom. The third-order valence-electron chi connectivity index (χ3n) is 6.30. The number of ether oxygens (including phenoxy) is 3. The Morgan fingerprint density at radius 1 is 0.722 bits per heavy atom. The molecule has 0 radical (unpaired) electrons. The number of fused-ring (bicyclic) bond motifs is 4. The van der Waals surface area contributed by atoms with Gasteiger partial charge in [-0.15, -0.1) is 0 Å². The Hall–Kier alpha value is -4.36. The third kappa shape index (κ3) is 4.74. The Bertz CT molecular complexity index is 1400. The first-order valence-electron chi connectivity index (χ1n) is 11.6. The maximum atomic E-state index is 10.6. The van der Waals surface area contributed by atoms with Crippen molar-refractivity contribution < 1.29 is 34.6 Å². The van der Waals surface area contributed by atoms with Crippen molar-refractivity contribution in [3.05, 3.63) is 95.1 Å². The van der Waals surface area contributed by atoms with Crippen molar-refractivity contribution in [2.75, 3.05) is 7.11 Å². The van der Waals surface area contributed by atoms with Crippen LogP contribution in [-0.2, 0) is 24.0 Å². The first kappa shape index (κ1) is 23.4. The van der Waals surface area contributed by atoms with Crippen LogP contribution in [0.2, 0.25) is 0 Å². The zero-order chi connectivity index (χ0) is 25.2. The Labute approximate surface area is 208 Å². The van der Waals surface area contributed by atoms with Crippen molar-refractivity contribution in [1.82, 2.24) is 0 Å². The summed E-state index contributed by atoms with van der Waals surface area (Å²) in [6, 6.07) is 21.0. The Morgan fingerprint density at radius 2 is 1.53 bits per heavy atom. The zero-order valence-corrected chi connectivity index (χ0v) is 19.6. The third-order valence-corrected chi connectivity index (χ3v) is 6.30. The summed E-state index contributed by atoms with van der Waals surface area (Å²) in [6.45, 7) is 0. The molecular formula is C29H26O7. The summed E-state index contributed by atoms with van der Waals surface area (Å²) >= 11 is 0. The van der Waals surface area contributed by atoms with Gasteiger partial charge in [0.15, 0.2) is 23.0 Å². The second-order valence-corrected chi connectivity index (χ2v) is 8.73. The number of hydrogen-bond acceptors (Lipinski definition) is 7. The number of rotatable bonds is 1. The lowest BCUT2D eigenvalue weighted by Crippen LogP contribution is -2.06. The number of phenols is 4. The van der Waals surface area contributed by atoms with E-state index in [1.165, 1.54) is 12.1 Å². The molecule has 4 aromatic rings. The summed E-state index contributed by atoms with van der Waals surface area (Å²) in [5.41, 5.74) is 3.28. The minimum absolute atomic E-state index is 0.127. The number of methoxy groups -OCH3 is 1. The van der Waals surface area contributed by atoms with Gasteiger partial charge in [0.1, 0.15) is 11.5 Å². The van der Waals surface area contributed by atoms with Gasteiger partial charge in [-0.1, -0.05) is 30.3 Å². The Balaban J connectivity index is 1.61. The van der Waals surface area contributed by atoms with Crippen LogP contribution >= 0.6 is 0 Å². The smallest absolute Gasteiger partial charge is 0.201 e. The van der Waals surface area contributed by atoms with Gasteiger partial charge in [0.2, 0.25) is 11.5 Å². The van der Waals surface area contributed by atoms with Gasteiger partial charge < -0.3 is 34.6 Å². The molecule has 36 heavy (non-hydrogen) atoms. The molecule has 2 heterocycles. The van der Waals surface area contributed by atoms with Crippen LogP contribution < -0.4 is 9.47 Å². The monoisotopic (exact) mass is 486 g/mol. The molecule has 184 valence electrons. The molecule has 6 rings (SSSR count). The van der Waals surface area contributed by atoms with E-state index in [1.807, 2.05) is 30.3 Å². The minimum Gasteiger partial charge on any atom is -0.504 e. The molecular weight excluding hydrogens is 460 g/mol. The largest absolute Gasteiger partial charge is 0.504 e. The summed E-state index contributed by atoms with van der Waals surface area (Å²) in [7, 11) is 1.57. The topological polar surface area (TPSA) is 109 Å². The summed E-state index contributed by atoms with van der Waals surface area (Å²) in [5.74, 6) is 0.120. The SMILES string of the molecule is COC1Cc2cccc(c2)Oc2c(ccc(O)c2O)CCc2ccc(cc2)Oc2cc1cc(O)c2O. The van der Waals surface area contributed by atoms with E-state index < -0.39 is 6.10 Å². The molecule has 4 aromatic carbocycles. The van der Waals surface area contributed by atoms with Gasteiger partial charge in [-0.05, 0) is 77.6 Å². The first-order valence-corrected chi connectivity index (χ1v) is 11.6. The zero-order valence-electron chi connectivity index (χ0n) is 19.6. The van der Waals surface area contributed by atoms with Crippen molar-refractivity contribution in [3.8, 4) is 46.0 Å². The quantitative estimate of drug-likeness (QED) is 0.240. The van der Waals surface area contributed by atoms with Gasteiger partial charge in [0.05, 0.1) is 6.10 Å². The predicted octanol–water partition coefficient (Wildman–Crippen LogP) is 6.12. The fourth-order valence-corrected chi connectivity index (χ4v) is 4.33. The molecule has 6 bridgehead atoms. The van der Waals surface area contributed by atoms with Crippen LogP contribution in [0.15, 0.2) is 72.8 Å². The van der Waals surface area contributed by atoms with Crippen molar-refractivity contribution >= 4 is 0 Å². The van der Waals surface area contributed by atoms with Crippen LogP contribution in [0.4, 0.5) is 0 Å². The standard InChI is InChI=1S/C29H26O7/c1-34-25-14-18-3-2-4-22(13-18)36-29-19(9-12-23(30)28(29)33)8-5-17-6-10-21(11-7-17)35-26-16-20(25)15-24(31)27(26)32/h2-4,6-7,9-13,15-16,25,30-33H,5,8,14H2,1H3. The van der Waals surface area contributed by atoms with Crippen LogP contribution in [-0.4, -0.2) is 27.5 Å². The van der Waals surface area contributed by atoms with Crippen LogP contribution in [0.3, 0.4) is 0 Å². The van der Waals surface area contributed by atoms with Gasteiger partial charge in [0.25, 0.3) is 0 Å².